The van der Waals surface area contributed by atoms with Gasteiger partial charge in [0.1, 0.15) is 6.17 Å². The summed E-state index contributed by atoms with van der Waals surface area (Å²) in [6.45, 7) is 5.67. The van der Waals surface area contributed by atoms with Gasteiger partial charge in [-0.2, -0.15) is 0 Å². The van der Waals surface area contributed by atoms with Crippen LogP contribution in [0.25, 0.3) is 0 Å². The van der Waals surface area contributed by atoms with Gasteiger partial charge < -0.3 is 10.2 Å². The van der Waals surface area contributed by atoms with Crippen LogP contribution in [0.3, 0.4) is 0 Å². The third-order valence-electron chi connectivity index (χ3n) is 2.39. The molecule has 0 fully saturated rings. The topological polar surface area (TPSA) is 27.6 Å². The van der Waals surface area contributed by atoms with Crippen LogP contribution in [0.15, 0.2) is 48.0 Å². The Hall–Kier alpha value is -1.77. The summed E-state index contributed by atoms with van der Waals surface area (Å²) < 4.78 is 0. The molecule has 0 bridgehead atoms. The van der Waals surface area contributed by atoms with Crippen LogP contribution in [0.5, 0.6) is 0 Å². The Labute approximate surface area is 90.1 Å². The van der Waals surface area contributed by atoms with Crippen LogP contribution in [0.2, 0.25) is 0 Å². The first kappa shape index (κ1) is 9.77. The first-order valence-corrected chi connectivity index (χ1v) is 5.10. The molecule has 78 valence electrons. The normalized spacial score (nSPS) is 16.4. The maximum Gasteiger partial charge on any atom is 0.119 e. The van der Waals surface area contributed by atoms with E-state index in [1.165, 1.54) is 0 Å². The minimum absolute atomic E-state index is 0.124. The largest absolute Gasteiger partial charge is 0.362 e. The molecule has 1 unspecified atom stereocenters. The van der Waals surface area contributed by atoms with E-state index in [4.69, 9.17) is 0 Å². The monoisotopic (exact) mass is 201 g/mol. The first-order chi connectivity index (χ1) is 7.40. The molecule has 0 spiro atoms. The predicted octanol–water partition coefficient (Wildman–Crippen LogP) is 1.95. The molecule has 0 aromatic heterocycles. The van der Waals surface area contributed by atoms with Gasteiger partial charge >= 0.3 is 0 Å². The van der Waals surface area contributed by atoms with E-state index in [1.54, 1.807) is 0 Å². The van der Waals surface area contributed by atoms with Crippen molar-refractivity contribution in [3.05, 3.63) is 43.0 Å². The Balaban J connectivity index is 2.02. The molecule has 0 aliphatic carbocycles. The lowest BCUT2D eigenvalue weighted by Gasteiger charge is -2.25. The summed E-state index contributed by atoms with van der Waals surface area (Å²) in [5.41, 5.74) is 1.10. The molecular weight excluding hydrogens is 186 g/mol. The van der Waals surface area contributed by atoms with E-state index in [9.17, 15) is 0 Å². The summed E-state index contributed by atoms with van der Waals surface area (Å²) in [4.78, 5) is 6.33. The van der Waals surface area contributed by atoms with Crippen LogP contribution in [-0.2, 0) is 0 Å². The van der Waals surface area contributed by atoms with Gasteiger partial charge in [-0.3, -0.25) is 4.99 Å². The Kier molecular flexibility index (Phi) is 3.02. The van der Waals surface area contributed by atoms with Crippen LogP contribution in [0.1, 0.15) is 0 Å². The molecule has 2 rings (SSSR count). The molecule has 1 aromatic rings. The summed E-state index contributed by atoms with van der Waals surface area (Å²) in [6.07, 6.45) is 3.89. The average molecular weight is 201 g/mol. The zero-order valence-electron chi connectivity index (χ0n) is 8.63. The summed E-state index contributed by atoms with van der Waals surface area (Å²) in [6, 6.07) is 10.1. The smallest absolute Gasteiger partial charge is 0.119 e. The number of anilines is 1. The van der Waals surface area contributed by atoms with Gasteiger partial charge in [0.15, 0.2) is 0 Å². The number of nitrogens with one attached hydrogen (secondary N) is 1. The third-order valence-corrected chi connectivity index (χ3v) is 2.39. The van der Waals surface area contributed by atoms with Crippen molar-refractivity contribution in [1.29, 1.82) is 0 Å². The van der Waals surface area contributed by atoms with E-state index in [1.807, 2.05) is 42.7 Å². The van der Waals surface area contributed by atoms with E-state index in [0.717, 1.165) is 18.8 Å². The molecule has 0 radical (unpaired) electrons. The van der Waals surface area contributed by atoms with Crippen molar-refractivity contribution in [2.75, 3.05) is 18.4 Å². The molecule has 0 amide bonds. The van der Waals surface area contributed by atoms with Crippen LogP contribution in [0.4, 0.5) is 5.69 Å². The number of hydrogen-bond donors (Lipinski definition) is 1. The van der Waals surface area contributed by atoms with Crippen LogP contribution in [-0.4, -0.2) is 30.5 Å². The van der Waals surface area contributed by atoms with Crippen molar-refractivity contribution in [3.63, 3.8) is 0 Å². The molecule has 1 N–H and O–H groups in total. The lowest BCUT2D eigenvalue weighted by molar-refractivity contribution is 0.430. The van der Waals surface area contributed by atoms with Gasteiger partial charge in [0, 0.05) is 12.2 Å². The minimum Gasteiger partial charge on any atom is -0.362 e. The van der Waals surface area contributed by atoms with Gasteiger partial charge in [-0.1, -0.05) is 24.8 Å². The lowest BCUT2D eigenvalue weighted by Crippen LogP contribution is -2.37. The molecule has 1 aromatic carbocycles. The Morgan fingerprint density at radius 2 is 2.20 bits per heavy atom. The number of aliphatic imine (C=N–C) groups is 1. The summed E-state index contributed by atoms with van der Waals surface area (Å²) in [7, 11) is 0. The highest BCUT2D eigenvalue weighted by atomic mass is 15.3. The van der Waals surface area contributed by atoms with Crippen molar-refractivity contribution < 1.29 is 0 Å². The van der Waals surface area contributed by atoms with Crippen LogP contribution >= 0.6 is 0 Å². The standard InChI is InChI=1S/C12H15N3/c1-2-12(15-9-8-13-10-15)14-11-6-4-3-5-7-11/h2-7,10,12,14H,1,8-9H2. The number of benzene rings is 1. The van der Waals surface area contributed by atoms with Crippen LogP contribution in [0, 0.1) is 0 Å². The number of para-hydroxylation sites is 1. The molecule has 15 heavy (non-hydrogen) atoms. The van der Waals surface area contributed by atoms with Gasteiger partial charge in [-0.05, 0) is 18.2 Å². The fourth-order valence-electron chi connectivity index (χ4n) is 1.59. The van der Waals surface area contributed by atoms with E-state index in [2.05, 4.69) is 21.8 Å². The van der Waals surface area contributed by atoms with E-state index in [-0.39, 0.29) is 6.17 Å². The maximum atomic E-state index is 4.19. The molecule has 0 saturated carbocycles. The van der Waals surface area contributed by atoms with Gasteiger partial charge in [0.05, 0.1) is 12.9 Å². The van der Waals surface area contributed by atoms with Crippen molar-refractivity contribution in [3.8, 4) is 0 Å². The highest BCUT2D eigenvalue weighted by molar-refractivity contribution is 5.59. The second-order valence-electron chi connectivity index (χ2n) is 3.45. The Morgan fingerprint density at radius 3 is 2.80 bits per heavy atom. The fourth-order valence-corrected chi connectivity index (χ4v) is 1.59. The zero-order chi connectivity index (χ0) is 10.5. The lowest BCUT2D eigenvalue weighted by atomic mass is 10.3. The van der Waals surface area contributed by atoms with Crippen LogP contribution < -0.4 is 5.32 Å². The molecule has 0 saturated heterocycles. The molecule has 1 aliphatic rings. The van der Waals surface area contributed by atoms with Crippen molar-refractivity contribution in [2.45, 2.75) is 6.17 Å². The number of rotatable bonds is 4. The van der Waals surface area contributed by atoms with E-state index < -0.39 is 0 Å². The first-order valence-electron chi connectivity index (χ1n) is 5.10. The van der Waals surface area contributed by atoms with Gasteiger partial charge in [0.2, 0.25) is 0 Å². The van der Waals surface area contributed by atoms with Crippen molar-refractivity contribution in [2.24, 2.45) is 4.99 Å². The van der Waals surface area contributed by atoms with E-state index in [0.29, 0.717) is 0 Å². The SMILES string of the molecule is C=CC(Nc1ccccc1)N1C=NCC1. The quantitative estimate of drug-likeness (QED) is 0.754. The predicted molar refractivity (Wildman–Crippen MR) is 64.1 cm³/mol. The van der Waals surface area contributed by atoms with Crippen molar-refractivity contribution in [1.82, 2.24) is 4.90 Å². The minimum atomic E-state index is 0.124. The summed E-state index contributed by atoms with van der Waals surface area (Å²) >= 11 is 0. The summed E-state index contributed by atoms with van der Waals surface area (Å²) in [5, 5.41) is 3.39. The molecular formula is C12H15N3. The summed E-state index contributed by atoms with van der Waals surface area (Å²) in [5.74, 6) is 0. The Bertz CT molecular complexity index is 345. The van der Waals surface area contributed by atoms with E-state index >= 15 is 0 Å². The second kappa shape index (κ2) is 4.64. The molecule has 1 heterocycles. The number of hydrogen-bond acceptors (Lipinski definition) is 3. The molecule has 1 aliphatic heterocycles. The average Bonchev–Trinajstić information content (AvgIpc) is 2.81. The Morgan fingerprint density at radius 1 is 1.40 bits per heavy atom. The van der Waals surface area contributed by atoms with Crippen molar-refractivity contribution >= 4 is 12.0 Å². The maximum absolute atomic E-state index is 4.19. The molecule has 1 atom stereocenters. The van der Waals surface area contributed by atoms with Gasteiger partial charge in [-0.15, -0.1) is 0 Å². The second-order valence-corrected chi connectivity index (χ2v) is 3.45. The molecule has 3 heteroatoms. The third kappa shape index (κ3) is 2.37. The highest BCUT2D eigenvalue weighted by Crippen LogP contribution is 2.10. The zero-order valence-corrected chi connectivity index (χ0v) is 8.63. The number of nitrogens with zero attached hydrogens (tertiary/aromatic N) is 2. The van der Waals surface area contributed by atoms with Gasteiger partial charge in [0.25, 0.3) is 0 Å². The fraction of sp³-hybridized carbons (Fsp3) is 0.250. The van der Waals surface area contributed by atoms with Gasteiger partial charge in [-0.25, -0.2) is 0 Å². The molecule has 3 nitrogen and oxygen atoms in total. The highest BCUT2D eigenvalue weighted by Gasteiger charge is 2.14.